The molecule has 1 amide bonds. The van der Waals surface area contributed by atoms with Gasteiger partial charge in [-0.3, -0.25) is 4.79 Å². The molecule has 0 atom stereocenters. The molecule has 4 aromatic rings. The Morgan fingerprint density at radius 2 is 1.64 bits per heavy atom. The quantitative estimate of drug-likeness (QED) is 0.145. The van der Waals surface area contributed by atoms with Gasteiger partial charge in [0.05, 0.1) is 11.8 Å². The minimum absolute atomic E-state index is 0.177. The lowest BCUT2D eigenvalue weighted by Crippen LogP contribution is -2.24. The summed E-state index contributed by atoms with van der Waals surface area (Å²) in [5.74, 6) is 0.502. The van der Waals surface area contributed by atoms with Gasteiger partial charge in [-0.15, -0.1) is 0 Å². The number of hydrazone groups is 1. The highest BCUT2D eigenvalue weighted by Crippen LogP contribution is 2.27. The van der Waals surface area contributed by atoms with E-state index in [1.807, 2.05) is 73.7 Å². The van der Waals surface area contributed by atoms with Crippen molar-refractivity contribution >= 4 is 28.9 Å². The van der Waals surface area contributed by atoms with Crippen LogP contribution in [-0.2, 0) is 4.79 Å². The summed E-state index contributed by atoms with van der Waals surface area (Å²) in [5.41, 5.74) is 5.76. The van der Waals surface area contributed by atoms with Crippen molar-refractivity contribution in [2.24, 2.45) is 5.10 Å². The van der Waals surface area contributed by atoms with E-state index in [-0.39, 0.29) is 6.61 Å². The van der Waals surface area contributed by atoms with Crippen molar-refractivity contribution in [3.8, 4) is 11.5 Å². The van der Waals surface area contributed by atoms with E-state index < -0.39 is 11.9 Å². The third kappa shape index (κ3) is 6.16. The zero-order valence-corrected chi connectivity index (χ0v) is 20.5. The maximum absolute atomic E-state index is 12.7. The lowest BCUT2D eigenvalue weighted by Gasteiger charge is -2.11. The minimum Gasteiger partial charge on any atom is -0.484 e. The molecule has 6 nitrogen and oxygen atoms in total. The maximum Gasteiger partial charge on any atom is 0.343 e. The third-order valence-corrected chi connectivity index (χ3v) is 5.72. The molecule has 0 saturated carbocycles. The van der Waals surface area contributed by atoms with Gasteiger partial charge in [0, 0.05) is 5.56 Å². The van der Waals surface area contributed by atoms with Crippen molar-refractivity contribution in [2.45, 2.75) is 26.7 Å². The highest BCUT2D eigenvalue weighted by Gasteiger charge is 2.13. The number of esters is 1. The van der Waals surface area contributed by atoms with Gasteiger partial charge in [-0.2, -0.15) is 5.10 Å². The van der Waals surface area contributed by atoms with Crippen molar-refractivity contribution in [1.82, 2.24) is 5.43 Å². The van der Waals surface area contributed by atoms with Crippen LogP contribution >= 0.6 is 0 Å². The van der Waals surface area contributed by atoms with Gasteiger partial charge in [-0.25, -0.2) is 10.2 Å². The van der Waals surface area contributed by atoms with Crippen LogP contribution in [0.1, 0.15) is 46.8 Å². The van der Waals surface area contributed by atoms with Gasteiger partial charge in [0.15, 0.2) is 6.61 Å². The molecule has 0 aliphatic rings. The molecular formula is C30H28N2O4. The number of hydrogen-bond donors (Lipinski definition) is 1. The smallest absolute Gasteiger partial charge is 0.343 e. The molecule has 0 unspecified atom stereocenters. The van der Waals surface area contributed by atoms with Crippen LogP contribution in [0.25, 0.3) is 10.8 Å². The van der Waals surface area contributed by atoms with E-state index in [0.29, 0.717) is 28.5 Å². The van der Waals surface area contributed by atoms with Crippen LogP contribution in [-0.4, -0.2) is 24.7 Å². The van der Waals surface area contributed by atoms with Crippen molar-refractivity contribution in [3.63, 3.8) is 0 Å². The van der Waals surface area contributed by atoms with Gasteiger partial charge < -0.3 is 9.47 Å². The Kier molecular flexibility index (Phi) is 7.75. The molecule has 0 bridgehead atoms. The fourth-order valence-electron chi connectivity index (χ4n) is 3.65. The van der Waals surface area contributed by atoms with Crippen molar-refractivity contribution in [2.75, 3.05) is 6.61 Å². The van der Waals surface area contributed by atoms with Crippen LogP contribution in [0.3, 0.4) is 0 Å². The van der Waals surface area contributed by atoms with Crippen LogP contribution in [0.5, 0.6) is 11.5 Å². The molecule has 0 radical (unpaired) electrons. The average Bonchev–Trinajstić information content (AvgIpc) is 2.89. The summed E-state index contributed by atoms with van der Waals surface area (Å²) in [6, 6.07) is 26.1. The molecule has 0 saturated heterocycles. The average molecular weight is 481 g/mol. The largest absolute Gasteiger partial charge is 0.484 e. The second-order valence-electron chi connectivity index (χ2n) is 8.76. The third-order valence-electron chi connectivity index (χ3n) is 5.72. The van der Waals surface area contributed by atoms with E-state index in [1.165, 1.54) is 11.8 Å². The number of carbonyl (C=O) groups excluding carboxylic acids is 2. The summed E-state index contributed by atoms with van der Waals surface area (Å²) in [7, 11) is 0. The normalized spacial score (nSPS) is 11.1. The number of rotatable bonds is 8. The minimum atomic E-state index is -0.471. The van der Waals surface area contributed by atoms with Gasteiger partial charge in [0.1, 0.15) is 11.5 Å². The lowest BCUT2D eigenvalue weighted by atomic mass is 10.0. The van der Waals surface area contributed by atoms with Gasteiger partial charge >= 0.3 is 5.97 Å². The van der Waals surface area contributed by atoms with Crippen LogP contribution in [0.4, 0.5) is 0 Å². The number of amides is 1. The molecule has 4 aromatic carbocycles. The SMILES string of the molecule is Cc1ccc(C(=O)Oc2ccc3ccccc3c2C=NNC(=O)COc2ccc(C(C)C)cc2)cc1. The summed E-state index contributed by atoms with van der Waals surface area (Å²) in [5, 5.41) is 5.89. The maximum atomic E-state index is 12.7. The number of nitrogens with zero attached hydrogens (tertiary/aromatic N) is 1. The summed E-state index contributed by atoms with van der Waals surface area (Å²) >= 11 is 0. The van der Waals surface area contributed by atoms with E-state index in [0.717, 1.165) is 16.3 Å². The molecule has 36 heavy (non-hydrogen) atoms. The van der Waals surface area contributed by atoms with Gasteiger partial charge in [0.2, 0.25) is 0 Å². The number of aryl methyl sites for hydroxylation is 1. The molecule has 4 rings (SSSR count). The lowest BCUT2D eigenvalue weighted by molar-refractivity contribution is -0.123. The molecular weight excluding hydrogens is 452 g/mol. The van der Waals surface area contributed by atoms with Crippen LogP contribution in [0, 0.1) is 6.92 Å². The zero-order chi connectivity index (χ0) is 25.5. The molecule has 1 N–H and O–H groups in total. The van der Waals surface area contributed by atoms with Gasteiger partial charge in [-0.05, 0) is 59.5 Å². The topological polar surface area (TPSA) is 77.0 Å². The number of benzene rings is 4. The zero-order valence-electron chi connectivity index (χ0n) is 20.5. The summed E-state index contributed by atoms with van der Waals surface area (Å²) in [6.45, 7) is 6.01. The number of carbonyl (C=O) groups is 2. The fourth-order valence-corrected chi connectivity index (χ4v) is 3.65. The molecule has 0 aromatic heterocycles. The standard InChI is InChI=1S/C30H28N2O4/c1-20(2)22-12-15-25(16-13-22)35-19-29(33)32-31-18-27-26-7-5-4-6-23(26)14-17-28(27)36-30(34)24-10-8-21(3)9-11-24/h4-18,20H,19H2,1-3H3,(H,32,33). The Balaban J connectivity index is 1.46. The highest BCUT2D eigenvalue weighted by atomic mass is 16.5. The fraction of sp³-hybridized carbons (Fsp3) is 0.167. The van der Waals surface area contributed by atoms with Crippen LogP contribution < -0.4 is 14.9 Å². The Morgan fingerprint density at radius 1 is 0.917 bits per heavy atom. The van der Waals surface area contributed by atoms with Crippen LogP contribution in [0.2, 0.25) is 0 Å². The second-order valence-corrected chi connectivity index (χ2v) is 8.76. The predicted octanol–water partition coefficient (Wildman–Crippen LogP) is 6.02. The number of hydrogen-bond acceptors (Lipinski definition) is 5. The van der Waals surface area contributed by atoms with E-state index in [9.17, 15) is 9.59 Å². The first-order chi connectivity index (χ1) is 17.4. The van der Waals surface area contributed by atoms with Crippen molar-refractivity contribution in [1.29, 1.82) is 0 Å². The molecule has 0 heterocycles. The van der Waals surface area contributed by atoms with Crippen LogP contribution in [0.15, 0.2) is 90.0 Å². The van der Waals surface area contributed by atoms with E-state index in [2.05, 4.69) is 24.4 Å². The molecule has 182 valence electrons. The Morgan fingerprint density at radius 3 is 2.36 bits per heavy atom. The second kappa shape index (κ2) is 11.3. The molecule has 6 heteroatoms. The molecule has 0 aliphatic carbocycles. The van der Waals surface area contributed by atoms with Crippen molar-refractivity contribution in [3.05, 3.63) is 107 Å². The Bertz CT molecular complexity index is 1390. The first kappa shape index (κ1) is 24.7. The first-order valence-corrected chi connectivity index (χ1v) is 11.8. The number of fused-ring (bicyclic) bond motifs is 1. The number of nitrogens with one attached hydrogen (secondary N) is 1. The molecule has 0 aliphatic heterocycles. The molecule has 0 spiro atoms. The number of ether oxygens (including phenoxy) is 2. The van der Waals surface area contributed by atoms with E-state index in [4.69, 9.17) is 9.47 Å². The van der Waals surface area contributed by atoms with E-state index in [1.54, 1.807) is 18.2 Å². The summed E-state index contributed by atoms with van der Waals surface area (Å²) in [6.07, 6.45) is 1.48. The van der Waals surface area contributed by atoms with E-state index >= 15 is 0 Å². The van der Waals surface area contributed by atoms with Gasteiger partial charge in [0.25, 0.3) is 5.91 Å². The molecule has 0 fully saturated rings. The predicted molar refractivity (Wildman–Crippen MR) is 142 cm³/mol. The Hall–Kier alpha value is -4.45. The summed E-state index contributed by atoms with van der Waals surface area (Å²) < 4.78 is 11.3. The van der Waals surface area contributed by atoms with Crippen molar-refractivity contribution < 1.29 is 19.1 Å². The first-order valence-electron chi connectivity index (χ1n) is 11.8. The van der Waals surface area contributed by atoms with Gasteiger partial charge in [-0.1, -0.05) is 74.0 Å². The summed E-state index contributed by atoms with van der Waals surface area (Å²) in [4.78, 5) is 25.0. The highest BCUT2D eigenvalue weighted by molar-refractivity contribution is 6.04. The monoisotopic (exact) mass is 480 g/mol. The Labute approximate surface area is 210 Å².